The minimum atomic E-state index is 0.856. The third-order valence-corrected chi connectivity index (χ3v) is 14.4. The zero-order valence-corrected chi connectivity index (χ0v) is 37.3. The molecular weight excluding hydrogens is 831 g/mol. The lowest BCUT2D eigenvalue weighted by atomic mass is 9.89. The first-order valence-electron chi connectivity index (χ1n) is 22.8. The number of thiophene rings is 1. The Balaban J connectivity index is 1.04. The maximum Gasteiger partial charge on any atom is 0.145 e. The normalized spacial score (nSPS) is 11.6. The lowest BCUT2D eigenvalue weighted by molar-refractivity contribution is 0.670. The molecule has 2 heterocycles. The standard InChI is InChI=1S/C64H41NOS/c1-5-15-42(16-6-1)48-29-35-56-59(39-48)66-64-54(45-21-11-4-12-22-45)36-37-58(63(56)64)65(51-32-38-60-57(41-51)55-34-28-49(40-61(55)67-60)43-17-7-2-8-18-43)50-30-25-47(26-31-50)62-52-24-14-13-23-46(52)27-33-53(62)44-19-9-3-10-20-44/h1-41H. The number of hydrogen-bond donors (Lipinski definition) is 0. The molecule has 67 heavy (non-hydrogen) atoms. The maximum absolute atomic E-state index is 7.07. The van der Waals surface area contributed by atoms with E-state index in [2.05, 4.69) is 254 Å². The van der Waals surface area contributed by atoms with Crippen LogP contribution in [0.15, 0.2) is 253 Å². The van der Waals surface area contributed by atoms with Gasteiger partial charge in [0.15, 0.2) is 0 Å². The summed E-state index contributed by atoms with van der Waals surface area (Å²) in [5.74, 6) is 0. The second-order valence-electron chi connectivity index (χ2n) is 17.2. The van der Waals surface area contributed by atoms with Crippen molar-refractivity contribution in [2.45, 2.75) is 0 Å². The summed E-state index contributed by atoms with van der Waals surface area (Å²) in [6.45, 7) is 0. The lowest BCUT2D eigenvalue weighted by Crippen LogP contribution is -2.10. The van der Waals surface area contributed by atoms with E-state index in [0.717, 1.165) is 61.3 Å². The molecule has 0 N–H and O–H groups in total. The third kappa shape index (κ3) is 6.79. The molecule has 0 aliphatic heterocycles. The average Bonchev–Trinajstić information content (AvgIpc) is 3.98. The molecule has 13 aromatic rings. The van der Waals surface area contributed by atoms with E-state index in [1.54, 1.807) is 0 Å². The molecule has 0 fully saturated rings. The Hall–Kier alpha value is -8.50. The van der Waals surface area contributed by atoms with Crippen LogP contribution in [-0.2, 0) is 0 Å². The van der Waals surface area contributed by atoms with Gasteiger partial charge in [-0.3, -0.25) is 0 Å². The molecule has 13 rings (SSSR count). The van der Waals surface area contributed by atoms with Crippen molar-refractivity contribution in [2.24, 2.45) is 0 Å². The van der Waals surface area contributed by atoms with Gasteiger partial charge in [0.05, 0.1) is 11.1 Å². The minimum absolute atomic E-state index is 0.856. The van der Waals surface area contributed by atoms with Crippen LogP contribution in [0.5, 0.6) is 0 Å². The number of rotatable bonds is 8. The molecule has 0 spiro atoms. The second kappa shape index (κ2) is 16.2. The van der Waals surface area contributed by atoms with Gasteiger partial charge in [0, 0.05) is 42.5 Å². The topological polar surface area (TPSA) is 16.4 Å². The fourth-order valence-electron chi connectivity index (χ4n) is 10.1. The van der Waals surface area contributed by atoms with E-state index in [9.17, 15) is 0 Å². The number of hydrogen-bond acceptors (Lipinski definition) is 3. The van der Waals surface area contributed by atoms with Crippen molar-refractivity contribution in [1.29, 1.82) is 0 Å². The Morgan fingerprint density at radius 1 is 0.328 bits per heavy atom. The fourth-order valence-corrected chi connectivity index (χ4v) is 11.2. The molecule has 0 saturated heterocycles. The van der Waals surface area contributed by atoms with Gasteiger partial charge in [-0.15, -0.1) is 11.3 Å². The summed E-state index contributed by atoms with van der Waals surface area (Å²) < 4.78 is 9.61. The molecule has 0 atom stereocenters. The molecule has 0 saturated carbocycles. The molecule has 0 bridgehead atoms. The van der Waals surface area contributed by atoms with Crippen LogP contribution in [0.1, 0.15) is 0 Å². The monoisotopic (exact) mass is 871 g/mol. The second-order valence-corrected chi connectivity index (χ2v) is 18.3. The zero-order chi connectivity index (χ0) is 44.3. The Kier molecular flexibility index (Phi) is 9.40. The van der Waals surface area contributed by atoms with Gasteiger partial charge in [0.1, 0.15) is 11.2 Å². The van der Waals surface area contributed by atoms with Crippen molar-refractivity contribution >= 4 is 81.3 Å². The third-order valence-electron chi connectivity index (χ3n) is 13.3. The van der Waals surface area contributed by atoms with Crippen LogP contribution >= 0.6 is 11.3 Å². The lowest BCUT2D eigenvalue weighted by Gasteiger charge is -2.27. The molecule has 0 aliphatic carbocycles. The van der Waals surface area contributed by atoms with Gasteiger partial charge in [-0.1, -0.05) is 188 Å². The van der Waals surface area contributed by atoms with Gasteiger partial charge in [-0.25, -0.2) is 0 Å². The first-order valence-corrected chi connectivity index (χ1v) is 23.6. The Morgan fingerprint density at radius 3 is 1.60 bits per heavy atom. The van der Waals surface area contributed by atoms with Gasteiger partial charge < -0.3 is 9.32 Å². The first-order chi connectivity index (χ1) is 33.2. The molecule has 3 heteroatoms. The van der Waals surface area contributed by atoms with Crippen molar-refractivity contribution in [1.82, 2.24) is 0 Å². The summed E-state index contributed by atoms with van der Waals surface area (Å²) in [4.78, 5) is 2.43. The predicted octanol–water partition coefficient (Wildman–Crippen LogP) is 18.9. The Morgan fingerprint density at radius 2 is 0.896 bits per heavy atom. The summed E-state index contributed by atoms with van der Waals surface area (Å²) in [6.07, 6.45) is 0. The van der Waals surface area contributed by atoms with Gasteiger partial charge in [0.25, 0.3) is 0 Å². The van der Waals surface area contributed by atoms with E-state index in [4.69, 9.17) is 4.42 Å². The van der Waals surface area contributed by atoms with Crippen LogP contribution in [0.25, 0.3) is 109 Å². The summed E-state index contributed by atoms with van der Waals surface area (Å²) in [5.41, 5.74) is 16.6. The largest absolute Gasteiger partial charge is 0.455 e. The quantitative estimate of drug-likeness (QED) is 0.151. The van der Waals surface area contributed by atoms with Crippen LogP contribution in [0.4, 0.5) is 17.1 Å². The van der Waals surface area contributed by atoms with Gasteiger partial charge in [-0.05, 0) is 122 Å². The van der Waals surface area contributed by atoms with Crippen LogP contribution in [-0.4, -0.2) is 0 Å². The van der Waals surface area contributed by atoms with Gasteiger partial charge >= 0.3 is 0 Å². The molecule has 0 radical (unpaired) electrons. The van der Waals surface area contributed by atoms with E-state index in [-0.39, 0.29) is 0 Å². The van der Waals surface area contributed by atoms with Crippen molar-refractivity contribution in [2.75, 3.05) is 4.90 Å². The van der Waals surface area contributed by atoms with Crippen LogP contribution < -0.4 is 4.90 Å². The molecule has 11 aromatic carbocycles. The van der Waals surface area contributed by atoms with Gasteiger partial charge in [-0.2, -0.15) is 0 Å². The van der Waals surface area contributed by atoms with E-state index in [0.29, 0.717) is 0 Å². The Labute approximate surface area is 392 Å². The highest BCUT2D eigenvalue weighted by Crippen LogP contribution is 2.49. The molecule has 2 aromatic heterocycles. The molecule has 314 valence electrons. The average molecular weight is 872 g/mol. The molecule has 0 amide bonds. The first kappa shape index (κ1) is 38.9. The van der Waals surface area contributed by atoms with E-state index in [1.807, 2.05) is 11.3 Å². The van der Waals surface area contributed by atoms with Gasteiger partial charge in [0.2, 0.25) is 0 Å². The number of fused-ring (bicyclic) bond motifs is 7. The van der Waals surface area contributed by atoms with Crippen molar-refractivity contribution < 1.29 is 4.42 Å². The summed E-state index contributed by atoms with van der Waals surface area (Å²) in [5, 5.41) is 7.10. The molecule has 2 nitrogen and oxygen atoms in total. The van der Waals surface area contributed by atoms with Crippen LogP contribution in [0, 0.1) is 0 Å². The highest BCUT2D eigenvalue weighted by atomic mass is 32.1. The highest BCUT2D eigenvalue weighted by molar-refractivity contribution is 7.25. The SMILES string of the molecule is c1ccc(-c2ccc3c(c2)oc2c(-c4ccccc4)ccc(N(c4ccc(-c5c(-c6ccccc6)ccc6ccccc56)cc4)c4ccc5sc6cc(-c7ccccc7)ccc6c5c4)c23)cc1. The number of benzene rings is 11. The van der Waals surface area contributed by atoms with Crippen molar-refractivity contribution in [3.8, 4) is 55.6 Å². The summed E-state index contributed by atoms with van der Waals surface area (Å²) in [6, 6.07) is 90.1. The smallest absolute Gasteiger partial charge is 0.145 e. The van der Waals surface area contributed by atoms with E-state index in [1.165, 1.54) is 64.3 Å². The van der Waals surface area contributed by atoms with Crippen LogP contribution in [0.3, 0.4) is 0 Å². The minimum Gasteiger partial charge on any atom is -0.455 e. The molecule has 0 aliphatic rings. The van der Waals surface area contributed by atoms with Crippen molar-refractivity contribution in [3.63, 3.8) is 0 Å². The summed E-state index contributed by atoms with van der Waals surface area (Å²) in [7, 11) is 0. The number of furan rings is 1. The number of anilines is 3. The molecule has 0 unspecified atom stereocenters. The van der Waals surface area contributed by atoms with E-state index >= 15 is 0 Å². The molecular formula is C64H41NOS. The Bertz CT molecular complexity index is 3950. The van der Waals surface area contributed by atoms with Crippen LogP contribution in [0.2, 0.25) is 0 Å². The predicted molar refractivity (Wildman–Crippen MR) is 286 cm³/mol. The fraction of sp³-hybridized carbons (Fsp3) is 0. The van der Waals surface area contributed by atoms with Crippen molar-refractivity contribution in [3.05, 3.63) is 249 Å². The maximum atomic E-state index is 7.07. The zero-order valence-electron chi connectivity index (χ0n) is 36.4. The van der Waals surface area contributed by atoms with E-state index < -0.39 is 0 Å². The number of nitrogens with zero attached hydrogens (tertiary/aromatic N) is 1. The summed E-state index contributed by atoms with van der Waals surface area (Å²) >= 11 is 1.85. The highest BCUT2D eigenvalue weighted by Gasteiger charge is 2.24.